The van der Waals surface area contributed by atoms with Crippen molar-refractivity contribution >= 4 is 11.8 Å². The van der Waals surface area contributed by atoms with Gasteiger partial charge in [0.25, 0.3) is 0 Å². The molecule has 1 N–H and O–H groups in total. The van der Waals surface area contributed by atoms with Gasteiger partial charge in [-0.05, 0) is 36.3 Å². The standard InChI is InChI=1S/C13H18O2S/c1-15-11-6-4-5-10(9-11)13(14)12-7-2-3-8-16-12/h4-6,9,12-14H,2-3,7-8H2,1H3. The minimum Gasteiger partial charge on any atom is -0.497 e. The van der Waals surface area contributed by atoms with E-state index in [4.69, 9.17) is 4.74 Å². The summed E-state index contributed by atoms with van der Waals surface area (Å²) in [6.45, 7) is 0. The lowest BCUT2D eigenvalue weighted by molar-refractivity contribution is 0.168. The molecule has 2 unspecified atom stereocenters. The van der Waals surface area contributed by atoms with Crippen LogP contribution in [0.2, 0.25) is 0 Å². The Kier molecular flexibility index (Phi) is 4.13. The average Bonchev–Trinajstić information content (AvgIpc) is 2.39. The second-order valence-electron chi connectivity index (χ2n) is 4.13. The molecular formula is C13H18O2S. The highest BCUT2D eigenvalue weighted by Gasteiger charge is 2.23. The molecule has 1 aliphatic heterocycles. The van der Waals surface area contributed by atoms with Crippen LogP contribution in [0.3, 0.4) is 0 Å². The van der Waals surface area contributed by atoms with Crippen LogP contribution in [0.15, 0.2) is 24.3 Å². The van der Waals surface area contributed by atoms with E-state index in [1.54, 1.807) is 7.11 Å². The van der Waals surface area contributed by atoms with Gasteiger partial charge in [0.2, 0.25) is 0 Å². The molecule has 88 valence electrons. The second-order valence-corrected chi connectivity index (χ2v) is 5.47. The van der Waals surface area contributed by atoms with Gasteiger partial charge in [0.15, 0.2) is 0 Å². The summed E-state index contributed by atoms with van der Waals surface area (Å²) in [5, 5.41) is 10.6. The number of methoxy groups -OCH3 is 1. The number of aliphatic hydroxyl groups is 1. The monoisotopic (exact) mass is 238 g/mol. The molecule has 0 bridgehead atoms. The first-order valence-electron chi connectivity index (χ1n) is 5.75. The highest BCUT2D eigenvalue weighted by Crippen LogP contribution is 2.35. The van der Waals surface area contributed by atoms with Crippen LogP contribution in [0.4, 0.5) is 0 Å². The molecular weight excluding hydrogens is 220 g/mol. The van der Waals surface area contributed by atoms with Crippen molar-refractivity contribution in [2.75, 3.05) is 12.9 Å². The third kappa shape index (κ3) is 2.71. The summed E-state index contributed by atoms with van der Waals surface area (Å²) < 4.78 is 5.17. The van der Waals surface area contributed by atoms with E-state index < -0.39 is 0 Å². The van der Waals surface area contributed by atoms with Crippen molar-refractivity contribution < 1.29 is 9.84 Å². The number of ether oxygens (including phenoxy) is 1. The molecule has 1 fully saturated rings. The third-order valence-electron chi connectivity index (χ3n) is 3.00. The van der Waals surface area contributed by atoms with E-state index in [0.717, 1.165) is 17.7 Å². The Labute approximate surface area is 101 Å². The van der Waals surface area contributed by atoms with Crippen LogP contribution in [0, 0.1) is 0 Å². The molecule has 1 aromatic carbocycles. The SMILES string of the molecule is COc1cccc(C(O)C2CCCCS2)c1. The number of rotatable bonds is 3. The molecule has 0 saturated carbocycles. The maximum absolute atomic E-state index is 10.3. The number of thioether (sulfide) groups is 1. The van der Waals surface area contributed by atoms with Crippen LogP contribution in [-0.2, 0) is 0 Å². The van der Waals surface area contributed by atoms with E-state index in [1.165, 1.54) is 18.6 Å². The summed E-state index contributed by atoms with van der Waals surface area (Å²) in [6, 6.07) is 7.75. The average molecular weight is 238 g/mol. The molecule has 1 saturated heterocycles. The van der Waals surface area contributed by atoms with Gasteiger partial charge in [0, 0.05) is 5.25 Å². The van der Waals surface area contributed by atoms with Gasteiger partial charge in [-0.25, -0.2) is 0 Å². The van der Waals surface area contributed by atoms with Crippen molar-refractivity contribution in [1.82, 2.24) is 0 Å². The summed E-state index contributed by atoms with van der Waals surface area (Å²) in [6.07, 6.45) is 3.27. The Morgan fingerprint density at radius 2 is 2.31 bits per heavy atom. The van der Waals surface area contributed by atoms with Gasteiger partial charge in [0.1, 0.15) is 5.75 Å². The number of benzene rings is 1. The third-order valence-corrected chi connectivity index (χ3v) is 4.45. The van der Waals surface area contributed by atoms with Crippen LogP contribution >= 0.6 is 11.8 Å². The van der Waals surface area contributed by atoms with Gasteiger partial charge in [0.05, 0.1) is 13.2 Å². The van der Waals surface area contributed by atoms with Gasteiger partial charge >= 0.3 is 0 Å². The first-order chi connectivity index (χ1) is 7.81. The molecule has 0 spiro atoms. The first-order valence-corrected chi connectivity index (χ1v) is 6.80. The lowest BCUT2D eigenvalue weighted by Crippen LogP contribution is -2.18. The van der Waals surface area contributed by atoms with Crippen LogP contribution in [0.5, 0.6) is 5.75 Å². The lowest BCUT2D eigenvalue weighted by Gasteiger charge is -2.26. The van der Waals surface area contributed by atoms with Crippen LogP contribution < -0.4 is 4.74 Å². The van der Waals surface area contributed by atoms with Crippen LogP contribution in [0.25, 0.3) is 0 Å². The lowest BCUT2D eigenvalue weighted by atomic mass is 10.0. The molecule has 0 amide bonds. The molecule has 2 atom stereocenters. The van der Waals surface area contributed by atoms with Crippen molar-refractivity contribution in [2.45, 2.75) is 30.6 Å². The predicted octanol–water partition coefficient (Wildman–Crippen LogP) is 3.01. The van der Waals surface area contributed by atoms with E-state index in [-0.39, 0.29) is 6.10 Å². The molecule has 16 heavy (non-hydrogen) atoms. The van der Waals surface area contributed by atoms with E-state index in [9.17, 15) is 5.11 Å². The van der Waals surface area contributed by atoms with Crippen molar-refractivity contribution in [3.8, 4) is 5.75 Å². The Bertz CT molecular complexity index is 334. The molecule has 2 nitrogen and oxygen atoms in total. The van der Waals surface area contributed by atoms with E-state index >= 15 is 0 Å². The van der Waals surface area contributed by atoms with E-state index in [2.05, 4.69) is 0 Å². The maximum Gasteiger partial charge on any atom is 0.119 e. The minimum absolute atomic E-state index is 0.348. The summed E-state index contributed by atoms with van der Waals surface area (Å²) in [4.78, 5) is 0. The molecule has 0 aromatic heterocycles. The Morgan fingerprint density at radius 3 is 3.00 bits per heavy atom. The highest BCUT2D eigenvalue weighted by atomic mass is 32.2. The fourth-order valence-electron chi connectivity index (χ4n) is 2.05. The second kappa shape index (κ2) is 5.60. The molecule has 1 aliphatic rings. The Hall–Kier alpha value is -0.670. The molecule has 1 aromatic rings. The largest absolute Gasteiger partial charge is 0.497 e. The molecule has 1 heterocycles. The van der Waals surface area contributed by atoms with Gasteiger partial charge in [-0.15, -0.1) is 0 Å². The Balaban J connectivity index is 2.09. The van der Waals surface area contributed by atoms with Gasteiger partial charge in [-0.1, -0.05) is 18.6 Å². The van der Waals surface area contributed by atoms with Gasteiger partial charge < -0.3 is 9.84 Å². The molecule has 0 radical (unpaired) electrons. The maximum atomic E-state index is 10.3. The Morgan fingerprint density at radius 1 is 1.44 bits per heavy atom. The zero-order valence-corrected chi connectivity index (χ0v) is 10.4. The minimum atomic E-state index is -0.361. The normalized spacial score (nSPS) is 22.8. The van der Waals surface area contributed by atoms with Crippen molar-refractivity contribution in [2.24, 2.45) is 0 Å². The summed E-state index contributed by atoms with van der Waals surface area (Å²) in [5.41, 5.74) is 0.971. The van der Waals surface area contributed by atoms with E-state index in [1.807, 2.05) is 36.0 Å². The van der Waals surface area contributed by atoms with Crippen molar-refractivity contribution in [1.29, 1.82) is 0 Å². The number of aliphatic hydroxyl groups excluding tert-OH is 1. The summed E-state index contributed by atoms with van der Waals surface area (Å²) in [5.74, 6) is 1.99. The predicted molar refractivity (Wildman–Crippen MR) is 68.1 cm³/mol. The van der Waals surface area contributed by atoms with Gasteiger partial charge in [-0.3, -0.25) is 0 Å². The fourth-order valence-corrected chi connectivity index (χ4v) is 3.40. The quantitative estimate of drug-likeness (QED) is 0.877. The topological polar surface area (TPSA) is 29.5 Å². The van der Waals surface area contributed by atoms with Gasteiger partial charge in [-0.2, -0.15) is 11.8 Å². The van der Waals surface area contributed by atoms with Crippen LogP contribution in [-0.4, -0.2) is 23.2 Å². The summed E-state index contributed by atoms with van der Waals surface area (Å²) >= 11 is 1.89. The molecule has 2 rings (SSSR count). The molecule has 0 aliphatic carbocycles. The zero-order chi connectivity index (χ0) is 11.4. The summed E-state index contributed by atoms with van der Waals surface area (Å²) in [7, 11) is 1.65. The van der Waals surface area contributed by atoms with E-state index in [0.29, 0.717) is 5.25 Å². The van der Waals surface area contributed by atoms with Crippen molar-refractivity contribution in [3.05, 3.63) is 29.8 Å². The fraction of sp³-hybridized carbons (Fsp3) is 0.538. The smallest absolute Gasteiger partial charge is 0.119 e. The van der Waals surface area contributed by atoms with Crippen LogP contribution in [0.1, 0.15) is 30.9 Å². The number of hydrogen-bond acceptors (Lipinski definition) is 3. The zero-order valence-electron chi connectivity index (χ0n) is 9.56. The van der Waals surface area contributed by atoms with Crippen molar-refractivity contribution in [3.63, 3.8) is 0 Å². The first kappa shape index (κ1) is 11.8. The number of hydrogen-bond donors (Lipinski definition) is 1. The highest BCUT2D eigenvalue weighted by molar-refractivity contribution is 7.99. The molecule has 3 heteroatoms.